The van der Waals surface area contributed by atoms with E-state index in [9.17, 15) is 9.90 Å². The standard InChI is InChI=1S/C25H35N3O2/c1-24(30)9-7-18-17(11-24)3-4-20-19(18)8-10-25(2)21(20)5-6-22(25)23(29)15-28-14-16(12-26)13-27-28/h13-14,17-22,30H,3-11,15H2,1-2H3/t17?,18?,19-,20-,21+,22?,24-,25+/m1/s1. The molecule has 8 atom stereocenters. The van der Waals surface area contributed by atoms with Crippen molar-refractivity contribution in [3.63, 3.8) is 0 Å². The number of hydrogen-bond donors (Lipinski definition) is 1. The normalized spacial score (nSPS) is 45.1. The second-order valence-corrected chi connectivity index (χ2v) is 11.4. The summed E-state index contributed by atoms with van der Waals surface area (Å²) in [5.74, 6) is 4.15. The molecule has 5 rings (SSSR count). The molecule has 0 saturated heterocycles. The Labute approximate surface area is 179 Å². The third-order valence-corrected chi connectivity index (χ3v) is 9.71. The number of aliphatic hydroxyl groups is 1. The Kier molecular flexibility index (Phi) is 4.85. The molecule has 4 fully saturated rings. The molecule has 0 radical (unpaired) electrons. The minimum atomic E-state index is -0.458. The first-order valence-electron chi connectivity index (χ1n) is 12.0. The highest BCUT2D eigenvalue weighted by Gasteiger charge is 2.58. The zero-order valence-corrected chi connectivity index (χ0v) is 18.4. The van der Waals surface area contributed by atoms with E-state index in [1.807, 2.05) is 6.92 Å². The Morgan fingerprint density at radius 1 is 1.17 bits per heavy atom. The van der Waals surface area contributed by atoms with E-state index in [1.54, 1.807) is 10.9 Å². The number of Topliss-reactive ketones (excluding diaryl/α,β-unsaturated/α-hetero) is 1. The molecule has 1 aromatic rings. The van der Waals surface area contributed by atoms with Crippen molar-refractivity contribution in [2.45, 2.75) is 83.8 Å². The van der Waals surface area contributed by atoms with Gasteiger partial charge in [0.05, 0.1) is 23.9 Å². The Hall–Kier alpha value is -1.67. The largest absolute Gasteiger partial charge is 0.390 e. The summed E-state index contributed by atoms with van der Waals surface area (Å²) in [6.45, 7) is 4.72. The summed E-state index contributed by atoms with van der Waals surface area (Å²) in [5.41, 5.74) is 0.179. The van der Waals surface area contributed by atoms with Crippen LogP contribution in [0.5, 0.6) is 0 Å². The first kappa shape index (κ1) is 20.2. The molecule has 1 N–H and O–H groups in total. The molecular weight excluding hydrogens is 374 g/mol. The summed E-state index contributed by atoms with van der Waals surface area (Å²) in [5, 5.41) is 23.8. The molecule has 0 aromatic carbocycles. The van der Waals surface area contributed by atoms with Gasteiger partial charge in [-0.05, 0) is 99.7 Å². The summed E-state index contributed by atoms with van der Waals surface area (Å²) in [4.78, 5) is 13.3. The number of aromatic nitrogens is 2. The summed E-state index contributed by atoms with van der Waals surface area (Å²) >= 11 is 0. The van der Waals surface area contributed by atoms with Crippen LogP contribution in [-0.2, 0) is 11.3 Å². The average molecular weight is 410 g/mol. The van der Waals surface area contributed by atoms with Crippen molar-refractivity contribution in [2.75, 3.05) is 0 Å². The van der Waals surface area contributed by atoms with Crippen molar-refractivity contribution >= 4 is 5.78 Å². The van der Waals surface area contributed by atoms with Crippen molar-refractivity contribution in [3.8, 4) is 6.07 Å². The van der Waals surface area contributed by atoms with Gasteiger partial charge in [0.2, 0.25) is 0 Å². The lowest BCUT2D eigenvalue weighted by atomic mass is 9.49. The molecule has 1 aromatic heterocycles. The van der Waals surface area contributed by atoms with Gasteiger partial charge in [-0.2, -0.15) is 10.4 Å². The van der Waals surface area contributed by atoms with Crippen LogP contribution >= 0.6 is 0 Å². The molecule has 0 amide bonds. The zero-order chi connectivity index (χ0) is 21.1. The van der Waals surface area contributed by atoms with Gasteiger partial charge in [0.1, 0.15) is 6.07 Å². The van der Waals surface area contributed by atoms with E-state index in [4.69, 9.17) is 5.26 Å². The molecule has 5 heteroatoms. The number of ketones is 1. The molecule has 30 heavy (non-hydrogen) atoms. The first-order chi connectivity index (χ1) is 14.3. The van der Waals surface area contributed by atoms with Gasteiger partial charge < -0.3 is 5.11 Å². The van der Waals surface area contributed by atoms with E-state index >= 15 is 0 Å². The van der Waals surface area contributed by atoms with Gasteiger partial charge in [0.25, 0.3) is 0 Å². The molecule has 4 saturated carbocycles. The number of rotatable bonds is 3. The zero-order valence-electron chi connectivity index (χ0n) is 18.4. The van der Waals surface area contributed by atoms with Crippen molar-refractivity contribution in [1.29, 1.82) is 5.26 Å². The maximum Gasteiger partial charge on any atom is 0.157 e. The molecule has 5 nitrogen and oxygen atoms in total. The first-order valence-corrected chi connectivity index (χ1v) is 12.0. The number of carbonyl (C=O) groups excluding carboxylic acids is 1. The molecule has 162 valence electrons. The van der Waals surface area contributed by atoms with Crippen LogP contribution in [-0.4, -0.2) is 26.3 Å². The van der Waals surface area contributed by atoms with E-state index in [2.05, 4.69) is 18.1 Å². The SMILES string of the molecule is C[C@@]1(O)CCC2C(CC[C@@H]3[C@@H]2CC[C@]2(C)C(C(=O)Cn4cc(C#N)cn4)CC[C@@H]32)C1. The van der Waals surface area contributed by atoms with E-state index in [1.165, 1.54) is 38.3 Å². The maximum atomic E-state index is 13.3. The van der Waals surface area contributed by atoms with Crippen LogP contribution in [0.4, 0.5) is 0 Å². The fourth-order valence-corrected chi connectivity index (χ4v) is 8.39. The van der Waals surface area contributed by atoms with Crippen LogP contribution in [0, 0.1) is 52.3 Å². The number of fused-ring (bicyclic) bond motifs is 5. The summed E-state index contributed by atoms with van der Waals surface area (Å²) in [6, 6.07) is 2.09. The Bertz CT molecular complexity index is 868. The van der Waals surface area contributed by atoms with Gasteiger partial charge in [0.15, 0.2) is 5.78 Å². The highest BCUT2D eigenvalue weighted by Crippen LogP contribution is 2.64. The van der Waals surface area contributed by atoms with E-state index in [-0.39, 0.29) is 11.3 Å². The second-order valence-electron chi connectivity index (χ2n) is 11.4. The van der Waals surface area contributed by atoms with Gasteiger partial charge >= 0.3 is 0 Å². The Balaban J connectivity index is 1.30. The third-order valence-electron chi connectivity index (χ3n) is 9.71. The van der Waals surface area contributed by atoms with Crippen molar-refractivity contribution in [2.24, 2.45) is 40.9 Å². The van der Waals surface area contributed by atoms with Crippen molar-refractivity contribution in [1.82, 2.24) is 9.78 Å². The Morgan fingerprint density at radius 3 is 2.73 bits per heavy atom. The molecular formula is C25H35N3O2. The average Bonchev–Trinajstić information content (AvgIpc) is 3.30. The highest BCUT2D eigenvalue weighted by atomic mass is 16.3. The second kappa shape index (κ2) is 7.19. The molecule has 0 aliphatic heterocycles. The van der Waals surface area contributed by atoms with Crippen molar-refractivity contribution in [3.05, 3.63) is 18.0 Å². The van der Waals surface area contributed by atoms with Crippen molar-refractivity contribution < 1.29 is 9.90 Å². The lowest BCUT2D eigenvalue weighted by molar-refractivity contribution is -0.133. The van der Waals surface area contributed by atoms with Gasteiger partial charge in [-0.1, -0.05) is 6.92 Å². The minimum Gasteiger partial charge on any atom is -0.390 e. The van der Waals surface area contributed by atoms with Gasteiger partial charge in [-0.3, -0.25) is 9.48 Å². The van der Waals surface area contributed by atoms with Crippen LogP contribution < -0.4 is 0 Å². The van der Waals surface area contributed by atoms with Gasteiger partial charge in [-0.25, -0.2) is 0 Å². The third kappa shape index (κ3) is 3.23. The molecule has 4 aliphatic carbocycles. The van der Waals surface area contributed by atoms with Gasteiger partial charge in [-0.15, -0.1) is 0 Å². The minimum absolute atomic E-state index is 0.121. The molecule has 3 unspecified atom stereocenters. The highest BCUT2D eigenvalue weighted by molar-refractivity contribution is 5.82. The smallest absolute Gasteiger partial charge is 0.157 e. The number of nitriles is 1. The van der Waals surface area contributed by atoms with Crippen LogP contribution in [0.1, 0.15) is 77.2 Å². The topological polar surface area (TPSA) is 78.9 Å². The maximum absolute atomic E-state index is 13.3. The van der Waals surface area contributed by atoms with Crippen LogP contribution in [0.25, 0.3) is 0 Å². The predicted octanol–water partition coefficient (Wildman–Crippen LogP) is 4.34. The fraction of sp³-hybridized carbons (Fsp3) is 0.800. The number of nitrogens with zero attached hydrogens (tertiary/aromatic N) is 3. The molecule has 1 heterocycles. The lowest BCUT2D eigenvalue weighted by Gasteiger charge is -2.56. The number of hydrogen-bond acceptors (Lipinski definition) is 4. The van der Waals surface area contributed by atoms with E-state index in [0.717, 1.165) is 43.4 Å². The van der Waals surface area contributed by atoms with Crippen LogP contribution in [0.15, 0.2) is 12.4 Å². The summed E-state index contributed by atoms with van der Waals surface area (Å²) in [7, 11) is 0. The number of carbonyl (C=O) groups is 1. The Morgan fingerprint density at radius 2 is 1.97 bits per heavy atom. The van der Waals surface area contributed by atoms with Gasteiger partial charge in [0, 0.05) is 12.1 Å². The quantitative estimate of drug-likeness (QED) is 0.805. The predicted molar refractivity (Wildman–Crippen MR) is 113 cm³/mol. The summed E-state index contributed by atoms with van der Waals surface area (Å²) in [6.07, 6.45) is 13.5. The van der Waals surface area contributed by atoms with Crippen LogP contribution in [0.3, 0.4) is 0 Å². The molecule has 0 spiro atoms. The molecule has 0 bridgehead atoms. The molecule has 4 aliphatic rings. The van der Waals surface area contributed by atoms with E-state index in [0.29, 0.717) is 29.7 Å². The van der Waals surface area contributed by atoms with Crippen LogP contribution in [0.2, 0.25) is 0 Å². The lowest BCUT2D eigenvalue weighted by Crippen LogP contribution is -2.51. The summed E-state index contributed by atoms with van der Waals surface area (Å²) < 4.78 is 1.64. The van der Waals surface area contributed by atoms with E-state index < -0.39 is 5.60 Å². The monoisotopic (exact) mass is 409 g/mol. The fourth-order valence-electron chi connectivity index (χ4n) is 8.39.